The average molecular weight is 254 g/mol. The summed E-state index contributed by atoms with van der Waals surface area (Å²) in [5, 5.41) is 3.35. The van der Waals surface area contributed by atoms with Crippen LogP contribution in [0.4, 0.5) is 11.4 Å². The standard InChI is InChI=1S/C16H18N2O/c1-18(2)16(19)12-13-8-6-7-11-15(13)17-14-9-4-3-5-10-14/h3-11,17H,12H2,1-2H3. The average Bonchev–Trinajstić information content (AvgIpc) is 2.42. The van der Waals surface area contributed by atoms with Gasteiger partial charge in [0.25, 0.3) is 0 Å². The Hall–Kier alpha value is -2.29. The van der Waals surface area contributed by atoms with E-state index < -0.39 is 0 Å². The van der Waals surface area contributed by atoms with Crippen molar-refractivity contribution in [1.29, 1.82) is 0 Å². The van der Waals surface area contributed by atoms with E-state index in [4.69, 9.17) is 0 Å². The molecular weight excluding hydrogens is 236 g/mol. The van der Waals surface area contributed by atoms with Gasteiger partial charge >= 0.3 is 0 Å². The topological polar surface area (TPSA) is 32.3 Å². The maximum absolute atomic E-state index is 11.8. The summed E-state index contributed by atoms with van der Waals surface area (Å²) < 4.78 is 0. The SMILES string of the molecule is CN(C)C(=O)Cc1ccccc1Nc1ccccc1. The number of hydrogen-bond donors (Lipinski definition) is 1. The highest BCUT2D eigenvalue weighted by Gasteiger charge is 2.09. The molecule has 0 saturated carbocycles. The lowest BCUT2D eigenvalue weighted by molar-refractivity contribution is -0.127. The smallest absolute Gasteiger partial charge is 0.226 e. The summed E-state index contributed by atoms with van der Waals surface area (Å²) in [6.45, 7) is 0. The predicted octanol–water partition coefficient (Wildman–Crippen LogP) is 3.06. The molecule has 2 rings (SSSR count). The van der Waals surface area contributed by atoms with Crippen LogP contribution in [-0.4, -0.2) is 24.9 Å². The molecular formula is C16H18N2O. The third-order valence-electron chi connectivity index (χ3n) is 2.91. The Balaban J connectivity index is 2.19. The van der Waals surface area contributed by atoms with Crippen LogP contribution in [0.15, 0.2) is 54.6 Å². The minimum atomic E-state index is 0.0994. The molecule has 3 heteroatoms. The lowest BCUT2D eigenvalue weighted by atomic mass is 10.1. The molecule has 0 aliphatic heterocycles. The van der Waals surface area contributed by atoms with Crippen molar-refractivity contribution in [2.75, 3.05) is 19.4 Å². The maximum atomic E-state index is 11.8. The fourth-order valence-corrected chi connectivity index (χ4v) is 1.79. The van der Waals surface area contributed by atoms with Crippen molar-refractivity contribution in [2.45, 2.75) is 6.42 Å². The number of rotatable bonds is 4. The number of para-hydroxylation sites is 2. The zero-order chi connectivity index (χ0) is 13.7. The van der Waals surface area contributed by atoms with Crippen LogP contribution in [0.5, 0.6) is 0 Å². The summed E-state index contributed by atoms with van der Waals surface area (Å²) in [5.41, 5.74) is 3.00. The second kappa shape index (κ2) is 6.05. The van der Waals surface area contributed by atoms with E-state index in [1.165, 1.54) is 0 Å². The third kappa shape index (κ3) is 3.58. The summed E-state index contributed by atoms with van der Waals surface area (Å²) in [6, 6.07) is 17.8. The van der Waals surface area contributed by atoms with E-state index >= 15 is 0 Å². The van der Waals surface area contributed by atoms with Crippen molar-refractivity contribution in [3.8, 4) is 0 Å². The highest BCUT2D eigenvalue weighted by Crippen LogP contribution is 2.21. The third-order valence-corrected chi connectivity index (χ3v) is 2.91. The number of carbonyl (C=O) groups is 1. The van der Waals surface area contributed by atoms with E-state index in [2.05, 4.69) is 5.32 Å². The van der Waals surface area contributed by atoms with Crippen LogP contribution in [-0.2, 0) is 11.2 Å². The first kappa shape index (κ1) is 13.1. The van der Waals surface area contributed by atoms with E-state index in [0.717, 1.165) is 16.9 Å². The molecule has 1 amide bonds. The van der Waals surface area contributed by atoms with E-state index in [1.54, 1.807) is 19.0 Å². The second-order valence-corrected chi connectivity index (χ2v) is 4.61. The summed E-state index contributed by atoms with van der Waals surface area (Å²) in [7, 11) is 3.55. The molecule has 0 heterocycles. The summed E-state index contributed by atoms with van der Waals surface area (Å²) in [6.07, 6.45) is 0.406. The molecule has 0 bridgehead atoms. The number of nitrogens with zero attached hydrogens (tertiary/aromatic N) is 1. The molecule has 0 aromatic heterocycles. The monoisotopic (exact) mass is 254 g/mol. The largest absolute Gasteiger partial charge is 0.355 e. The van der Waals surface area contributed by atoms with Crippen molar-refractivity contribution in [3.05, 3.63) is 60.2 Å². The first-order valence-electron chi connectivity index (χ1n) is 6.27. The van der Waals surface area contributed by atoms with Crippen molar-refractivity contribution >= 4 is 17.3 Å². The van der Waals surface area contributed by atoms with Gasteiger partial charge in [-0.3, -0.25) is 4.79 Å². The minimum Gasteiger partial charge on any atom is -0.355 e. The molecule has 0 unspecified atom stereocenters. The summed E-state index contributed by atoms with van der Waals surface area (Å²) in [5.74, 6) is 0.0994. The van der Waals surface area contributed by atoms with E-state index in [0.29, 0.717) is 6.42 Å². The van der Waals surface area contributed by atoms with Gasteiger partial charge in [0, 0.05) is 25.5 Å². The molecule has 1 N–H and O–H groups in total. The fraction of sp³-hybridized carbons (Fsp3) is 0.188. The number of likely N-dealkylation sites (N-methyl/N-ethyl adjacent to an activating group) is 1. The minimum absolute atomic E-state index is 0.0994. The van der Waals surface area contributed by atoms with Gasteiger partial charge in [0.2, 0.25) is 5.91 Å². The Morgan fingerprint density at radius 2 is 1.63 bits per heavy atom. The number of amides is 1. The van der Waals surface area contributed by atoms with Gasteiger partial charge < -0.3 is 10.2 Å². The molecule has 0 spiro atoms. The van der Waals surface area contributed by atoms with E-state index in [-0.39, 0.29) is 5.91 Å². The number of nitrogens with one attached hydrogen (secondary N) is 1. The van der Waals surface area contributed by atoms with Crippen LogP contribution in [0, 0.1) is 0 Å². The van der Waals surface area contributed by atoms with Gasteiger partial charge in [-0.15, -0.1) is 0 Å². The van der Waals surface area contributed by atoms with Crippen LogP contribution in [0.2, 0.25) is 0 Å². The van der Waals surface area contributed by atoms with Gasteiger partial charge in [0.05, 0.1) is 6.42 Å². The van der Waals surface area contributed by atoms with Crippen LogP contribution in [0.1, 0.15) is 5.56 Å². The number of hydrogen-bond acceptors (Lipinski definition) is 2. The van der Waals surface area contributed by atoms with Crippen LogP contribution < -0.4 is 5.32 Å². The lowest BCUT2D eigenvalue weighted by Crippen LogP contribution is -2.23. The van der Waals surface area contributed by atoms with Crippen LogP contribution >= 0.6 is 0 Å². The normalized spacial score (nSPS) is 10.0. The summed E-state index contributed by atoms with van der Waals surface area (Å²) in [4.78, 5) is 13.4. The molecule has 98 valence electrons. The fourth-order valence-electron chi connectivity index (χ4n) is 1.79. The van der Waals surface area contributed by atoms with Crippen LogP contribution in [0.3, 0.4) is 0 Å². The molecule has 0 fully saturated rings. The van der Waals surface area contributed by atoms with Gasteiger partial charge in [-0.25, -0.2) is 0 Å². The van der Waals surface area contributed by atoms with Crippen molar-refractivity contribution in [2.24, 2.45) is 0 Å². The Bertz CT molecular complexity index is 550. The molecule has 19 heavy (non-hydrogen) atoms. The first-order valence-corrected chi connectivity index (χ1v) is 6.27. The van der Waals surface area contributed by atoms with Gasteiger partial charge in [0.15, 0.2) is 0 Å². The van der Waals surface area contributed by atoms with E-state index in [9.17, 15) is 4.79 Å². The quantitative estimate of drug-likeness (QED) is 0.909. The van der Waals surface area contributed by atoms with Gasteiger partial charge in [0.1, 0.15) is 0 Å². The molecule has 3 nitrogen and oxygen atoms in total. The molecule has 0 saturated heterocycles. The Kier molecular flexibility index (Phi) is 4.18. The number of benzene rings is 2. The van der Waals surface area contributed by atoms with Crippen molar-refractivity contribution in [1.82, 2.24) is 4.90 Å². The zero-order valence-electron chi connectivity index (χ0n) is 11.3. The number of carbonyl (C=O) groups excluding carboxylic acids is 1. The number of anilines is 2. The van der Waals surface area contributed by atoms with Crippen molar-refractivity contribution in [3.63, 3.8) is 0 Å². The molecule has 2 aromatic carbocycles. The Labute approximate surface area is 113 Å². The molecule has 0 aliphatic rings. The Morgan fingerprint density at radius 1 is 1.00 bits per heavy atom. The van der Waals surface area contributed by atoms with Gasteiger partial charge in [-0.05, 0) is 23.8 Å². The van der Waals surface area contributed by atoms with Crippen LogP contribution in [0.25, 0.3) is 0 Å². The molecule has 0 radical (unpaired) electrons. The lowest BCUT2D eigenvalue weighted by Gasteiger charge is -2.14. The van der Waals surface area contributed by atoms with E-state index in [1.807, 2.05) is 54.6 Å². The van der Waals surface area contributed by atoms with Gasteiger partial charge in [-0.1, -0.05) is 36.4 Å². The highest BCUT2D eigenvalue weighted by molar-refractivity contribution is 5.80. The Morgan fingerprint density at radius 3 is 2.32 bits per heavy atom. The van der Waals surface area contributed by atoms with Gasteiger partial charge in [-0.2, -0.15) is 0 Å². The second-order valence-electron chi connectivity index (χ2n) is 4.61. The van der Waals surface area contributed by atoms with Crippen molar-refractivity contribution < 1.29 is 4.79 Å². The maximum Gasteiger partial charge on any atom is 0.226 e. The summed E-state index contributed by atoms with van der Waals surface area (Å²) >= 11 is 0. The molecule has 0 aliphatic carbocycles. The first-order chi connectivity index (χ1) is 9.16. The molecule has 2 aromatic rings. The highest BCUT2D eigenvalue weighted by atomic mass is 16.2. The predicted molar refractivity (Wildman–Crippen MR) is 78.6 cm³/mol. The molecule has 0 atom stereocenters. The zero-order valence-corrected chi connectivity index (χ0v) is 11.3.